The van der Waals surface area contributed by atoms with Gasteiger partial charge in [0.1, 0.15) is 0 Å². The van der Waals surface area contributed by atoms with Crippen molar-refractivity contribution in [3.05, 3.63) is 76.6 Å². The topological polar surface area (TPSA) is 56.0 Å². The summed E-state index contributed by atoms with van der Waals surface area (Å²) in [5.74, 6) is 0.702. The minimum absolute atomic E-state index is 0.140. The highest BCUT2D eigenvalue weighted by Gasteiger charge is 2.18. The van der Waals surface area contributed by atoms with E-state index < -0.39 is 0 Å². The molecule has 3 rings (SSSR count). The molecule has 1 heterocycles. The molecule has 21 heavy (non-hydrogen) atoms. The molecule has 0 aliphatic rings. The van der Waals surface area contributed by atoms with Gasteiger partial charge in [0.05, 0.1) is 15.2 Å². The molecule has 0 spiro atoms. The summed E-state index contributed by atoms with van der Waals surface area (Å²) < 4.78 is 0. The Hall–Kier alpha value is -2.40. The largest absolute Gasteiger partial charge is 0.292 e. The Bertz CT molecular complexity index is 791. The zero-order valence-corrected chi connectivity index (χ0v) is 11.9. The number of hydrogen-bond acceptors (Lipinski definition) is 4. The van der Waals surface area contributed by atoms with E-state index in [2.05, 4.69) is 4.98 Å². The number of aromatic nitrogens is 1. The molecule has 0 radical (unpaired) electrons. The van der Waals surface area contributed by atoms with E-state index in [0.717, 1.165) is 10.9 Å². The number of pyridine rings is 1. The molecule has 0 bridgehead atoms. The van der Waals surface area contributed by atoms with Crippen molar-refractivity contribution in [3.8, 4) is 0 Å². The van der Waals surface area contributed by atoms with Crippen LogP contribution in [-0.4, -0.2) is 9.91 Å². The Morgan fingerprint density at radius 2 is 1.90 bits per heavy atom. The van der Waals surface area contributed by atoms with Gasteiger partial charge in [-0.1, -0.05) is 36.4 Å². The molecule has 0 saturated heterocycles. The molecular formula is C16H12N2O2S. The van der Waals surface area contributed by atoms with Crippen LogP contribution < -0.4 is 0 Å². The van der Waals surface area contributed by atoms with Gasteiger partial charge >= 0.3 is 0 Å². The number of thioether (sulfide) groups is 1. The second-order valence-electron chi connectivity index (χ2n) is 4.54. The summed E-state index contributed by atoms with van der Waals surface area (Å²) in [4.78, 5) is 15.8. The highest BCUT2D eigenvalue weighted by molar-refractivity contribution is 7.98. The fourth-order valence-corrected chi connectivity index (χ4v) is 3.17. The van der Waals surface area contributed by atoms with Gasteiger partial charge in [0.25, 0.3) is 5.69 Å². The minimum Gasteiger partial charge on any atom is -0.264 e. The summed E-state index contributed by atoms with van der Waals surface area (Å²) in [6.45, 7) is 0. The lowest BCUT2D eigenvalue weighted by Gasteiger charge is -2.06. The molecule has 3 aromatic rings. The molecule has 2 aromatic carbocycles. The van der Waals surface area contributed by atoms with E-state index in [0.29, 0.717) is 16.0 Å². The lowest BCUT2D eigenvalue weighted by molar-refractivity contribution is -0.385. The Labute approximate surface area is 126 Å². The number of nitro benzene ring substituents is 1. The molecule has 104 valence electrons. The van der Waals surface area contributed by atoms with Crippen molar-refractivity contribution in [2.45, 2.75) is 10.6 Å². The van der Waals surface area contributed by atoms with Gasteiger partial charge in [0.2, 0.25) is 0 Å². The van der Waals surface area contributed by atoms with E-state index in [1.165, 1.54) is 11.8 Å². The van der Waals surface area contributed by atoms with Crippen molar-refractivity contribution >= 4 is 28.2 Å². The SMILES string of the molecule is O=[N+]([O-])c1c(SCc2ccccc2)ccc2ccncc12. The molecule has 1 aromatic heterocycles. The number of fused-ring (bicyclic) bond motifs is 1. The van der Waals surface area contributed by atoms with Gasteiger partial charge < -0.3 is 0 Å². The molecule has 0 N–H and O–H groups in total. The van der Waals surface area contributed by atoms with Crippen LogP contribution in [0.15, 0.2) is 65.8 Å². The molecule has 5 heteroatoms. The normalized spacial score (nSPS) is 10.7. The maximum Gasteiger partial charge on any atom is 0.292 e. The fourth-order valence-electron chi connectivity index (χ4n) is 2.17. The van der Waals surface area contributed by atoms with Crippen LogP contribution in [-0.2, 0) is 5.75 Å². The standard InChI is InChI=1S/C16H12N2O2S/c19-18(20)16-14-10-17-9-8-13(14)6-7-15(16)21-11-12-4-2-1-3-5-12/h1-10H,11H2. The zero-order valence-electron chi connectivity index (χ0n) is 11.1. The van der Waals surface area contributed by atoms with Crippen molar-refractivity contribution in [1.29, 1.82) is 0 Å². The highest BCUT2D eigenvalue weighted by atomic mass is 32.2. The highest BCUT2D eigenvalue weighted by Crippen LogP contribution is 2.36. The van der Waals surface area contributed by atoms with E-state index in [-0.39, 0.29) is 10.6 Å². The maximum atomic E-state index is 11.4. The number of hydrogen-bond donors (Lipinski definition) is 0. The average Bonchev–Trinajstić information content (AvgIpc) is 2.53. The van der Waals surface area contributed by atoms with Crippen LogP contribution in [0.25, 0.3) is 10.8 Å². The van der Waals surface area contributed by atoms with Gasteiger partial charge in [0, 0.05) is 18.1 Å². The smallest absolute Gasteiger partial charge is 0.264 e. The number of nitrogens with zero attached hydrogens (tertiary/aromatic N) is 2. The predicted octanol–water partition coefficient (Wildman–Crippen LogP) is 4.44. The van der Waals surface area contributed by atoms with Gasteiger partial charge in [0.15, 0.2) is 0 Å². The summed E-state index contributed by atoms with van der Waals surface area (Å²) in [7, 11) is 0. The lowest BCUT2D eigenvalue weighted by Crippen LogP contribution is -1.93. The van der Waals surface area contributed by atoms with E-state index >= 15 is 0 Å². The first kappa shape index (κ1) is 13.6. The van der Waals surface area contributed by atoms with Gasteiger partial charge in [-0.05, 0) is 23.1 Å². The third-order valence-corrected chi connectivity index (χ3v) is 4.30. The number of benzene rings is 2. The molecule has 0 aliphatic carbocycles. The van der Waals surface area contributed by atoms with Crippen molar-refractivity contribution in [2.75, 3.05) is 0 Å². The summed E-state index contributed by atoms with van der Waals surface area (Å²) >= 11 is 1.47. The average molecular weight is 296 g/mol. The van der Waals surface area contributed by atoms with Gasteiger partial charge in [-0.25, -0.2) is 0 Å². The molecule has 0 saturated carbocycles. The monoisotopic (exact) mass is 296 g/mol. The summed E-state index contributed by atoms with van der Waals surface area (Å²) in [6, 6.07) is 15.4. The van der Waals surface area contributed by atoms with Crippen LogP contribution in [0.4, 0.5) is 5.69 Å². The van der Waals surface area contributed by atoms with Crippen LogP contribution in [0.2, 0.25) is 0 Å². The van der Waals surface area contributed by atoms with Crippen LogP contribution in [0.5, 0.6) is 0 Å². The van der Waals surface area contributed by atoms with E-state index in [9.17, 15) is 10.1 Å². The molecule has 0 unspecified atom stereocenters. The molecular weight excluding hydrogens is 284 g/mol. The maximum absolute atomic E-state index is 11.4. The van der Waals surface area contributed by atoms with Crippen LogP contribution in [0.1, 0.15) is 5.56 Å². The summed E-state index contributed by atoms with van der Waals surface area (Å²) in [6.07, 6.45) is 3.20. The van der Waals surface area contributed by atoms with Crippen LogP contribution in [0.3, 0.4) is 0 Å². The van der Waals surface area contributed by atoms with Crippen LogP contribution in [0, 0.1) is 10.1 Å². The van der Waals surface area contributed by atoms with E-state index in [4.69, 9.17) is 0 Å². The van der Waals surface area contributed by atoms with E-state index in [1.807, 2.05) is 42.5 Å². The second-order valence-corrected chi connectivity index (χ2v) is 5.56. The first-order valence-corrected chi connectivity index (χ1v) is 7.42. The summed E-state index contributed by atoms with van der Waals surface area (Å²) in [5, 5.41) is 12.8. The number of rotatable bonds is 4. The van der Waals surface area contributed by atoms with Gasteiger partial charge in [-0.2, -0.15) is 0 Å². The lowest BCUT2D eigenvalue weighted by atomic mass is 10.1. The predicted molar refractivity (Wildman–Crippen MR) is 84.4 cm³/mol. The van der Waals surface area contributed by atoms with E-state index in [1.54, 1.807) is 18.5 Å². The number of nitro groups is 1. The second kappa shape index (κ2) is 5.93. The zero-order chi connectivity index (χ0) is 14.7. The van der Waals surface area contributed by atoms with Crippen molar-refractivity contribution < 1.29 is 4.92 Å². The Balaban J connectivity index is 1.98. The van der Waals surface area contributed by atoms with Crippen molar-refractivity contribution in [2.24, 2.45) is 0 Å². The Morgan fingerprint density at radius 1 is 1.10 bits per heavy atom. The molecule has 0 amide bonds. The minimum atomic E-state index is -0.322. The Kier molecular flexibility index (Phi) is 3.83. The summed E-state index contributed by atoms with van der Waals surface area (Å²) in [5.41, 5.74) is 1.28. The molecule has 0 aliphatic heterocycles. The third kappa shape index (κ3) is 2.87. The quantitative estimate of drug-likeness (QED) is 0.406. The Morgan fingerprint density at radius 3 is 2.67 bits per heavy atom. The van der Waals surface area contributed by atoms with Crippen LogP contribution >= 0.6 is 11.8 Å². The molecule has 0 fully saturated rings. The van der Waals surface area contributed by atoms with Crippen molar-refractivity contribution in [3.63, 3.8) is 0 Å². The van der Waals surface area contributed by atoms with Crippen molar-refractivity contribution in [1.82, 2.24) is 4.98 Å². The van der Waals surface area contributed by atoms with Gasteiger partial charge in [-0.3, -0.25) is 15.1 Å². The molecule has 0 atom stereocenters. The molecule has 4 nitrogen and oxygen atoms in total. The van der Waals surface area contributed by atoms with Gasteiger partial charge in [-0.15, -0.1) is 11.8 Å². The first-order chi connectivity index (χ1) is 10.3. The fraction of sp³-hybridized carbons (Fsp3) is 0.0625. The third-order valence-electron chi connectivity index (χ3n) is 3.18. The first-order valence-electron chi connectivity index (χ1n) is 6.43.